The highest BCUT2D eigenvalue weighted by Crippen LogP contribution is 2.26. The van der Waals surface area contributed by atoms with Crippen LogP contribution in [0.4, 0.5) is 0 Å². The third-order valence-corrected chi connectivity index (χ3v) is 4.24. The van der Waals surface area contributed by atoms with Crippen LogP contribution in [0.2, 0.25) is 0 Å². The van der Waals surface area contributed by atoms with E-state index < -0.39 is 0 Å². The molecule has 0 aromatic heterocycles. The molecule has 0 N–H and O–H groups in total. The number of ether oxygens (including phenoxy) is 2. The van der Waals surface area contributed by atoms with Crippen molar-refractivity contribution in [3.63, 3.8) is 0 Å². The first-order valence-electron chi connectivity index (χ1n) is 8.99. The summed E-state index contributed by atoms with van der Waals surface area (Å²) in [6, 6.07) is 7.56. The quantitative estimate of drug-likeness (QED) is 0.710. The molecule has 0 unspecified atom stereocenters. The third kappa shape index (κ3) is 5.96. The minimum absolute atomic E-state index is 0.0793. The number of hydrogen-bond donors (Lipinski definition) is 0. The van der Waals surface area contributed by atoms with Crippen LogP contribution in [0.3, 0.4) is 0 Å². The molecule has 1 aromatic rings. The lowest BCUT2D eigenvalue weighted by molar-refractivity contribution is -0.132. The van der Waals surface area contributed by atoms with Crippen LogP contribution in [0.5, 0.6) is 11.5 Å². The van der Waals surface area contributed by atoms with Gasteiger partial charge in [-0.05, 0) is 31.9 Å². The SMILES string of the molecule is CCOc1ccccc1OCCCC(=O)N1CCCN(C(C)=O)CC1. The molecule has 25 heavy (non-hydrogen) atoms. The molecule has 1 aliphatic rings. The summed E-state index contributed by atoms with van der Waals surface area (Å²) in [5.41, 5.74) is 0. The Morgan fingerprint density at radius 3 is 2.32 bits per heavy atom. The standard InChI is InChI=1S/C19H28N2O4/c1-3-24-17-8-4-5-9-18(17)25-15-6-10-19(23)21-12-7-11-20(13-14-21)16(2)22/h4-5,8-9H,3,6-7,10-15H2,1-2H3. The van der Waals surface area contributed by atoms with Crippen molar-refractivity contribution in [2.45, 2.75) is 33.1 Å². The van der Waals surface area contributed by atoms with Crippen molar-refractivity contribution in [1.82, 2.24) is 9.80 Å². The molecular formula is C19H28N2O4. The Morgan fingerprint density at radius 1 is 1.00 bits per heavy atom. The number of hydrogen-bond acceptors (Lipinski definition) is 4. The molecule has 0 aliphatic carbocycles. The van der Waals surface area contributed by atoms with Gasteiger partial charge in [-0.25, -0.2) is 0 Å². The van der Waals surface area contributed by atoms with Crippen molar-refractivity contribution in [3.8, 4) is 11.5 Å². The maximum absolute atomic E-state index is 12.4. The molecule has 6 nitrogen and oxygen atoms in total. The van der Waals surface area contributed by atoms with Crippen molar-refractivity contribution in [2.24, 2.45) is 0 Å². The van der Waals surface area contributed by atoms with Crippen molar-refractivity contribution < 1.29 is 19.1 Å². The van der Waals surface area contributed by atoms with Crippen LogP contribution in [0.25, 0.3) is 0 Å². The largest absolute Gasteiger partial charge is 0.490 e. The molecule has 138 valence electrons. The fraction of sp³-hybridized carbons (Fsp3) is 0.579. The van der Waals surface area contributed by atoms with Gasteiger partial charge in [0, 0.05) is 39.5 Å². The van der Waals surface area contributed by atoms with E-state index in [4.69, 9.17) is 9.47 Å². The van der Waals surface area contributed by atoms with E-state index in [0.29, 0.717) is 44.9 Å². The zero-order valence-corrected chi connectivity index (χ0v) is 15.2. The van der Waals surface area contributed by atoms with E-state index in [1.165, 1.54) is 0 Å². The highest BCUT2D eigenvalue weighted by Gasteiger charge is 2.19. The van der Waals surface area contributed by atoms with E-state index in [2.05, 4.69) is 0 Å². The molecule has 0 saturated carbocycles. The number of rotatable bonds is 7. The van der Waals surface area contributed by atoms with Gasteiger partial charge in [-0.3, -0.25) is 9.59 Å². The van der Waals surface area contributed by atoms with Gasteiger partial charge in [0.15, 0.2) is 11.5 Å². The van der Waals surface area contributed by atoms with E-state index >= 15 is 0 Å². The molecule has 2 amide bonds. The van der Waals surface area contributed by atoms with Gasteiger partial charge in [-0.2, -0.15) is 0 Å². The topological polar surface area (TPSA) is 59.1 Å². The van der Waals surface area contributed by atoms with Gasteiger partial charge >= 0.3 is 0 Å². The number of nitrogens with zero attached hydrogens (tertiary/aromatic N) is 2. The molecule has 1 aromatic carbocycles. The van der Waals surface area contributed by atoms with Crippen LogP contribution in [-0.2, 0) is 9.59 Å². The van der Waals surface area contributed by atoms with Gasteiger partial charge in [-0.15, -0.1) is 0 Å². The lowest BCUT2D eigenvalue weighted by atomic mass is 10.2. The fourth-order valence-corrected chi connectivity index (χ4v) is 2.89. The number of carbonyl (C=O) groups is 2. The van der Waals surface area contributed by atoms with Crippen LogP contribution < -0.4 is 9.47 Å². The summed E-state index contributed by atoms with van der Waals surface area (Å²) in [6.07, 6.45) is 1.95. The summed E-state index contributed by atoms with van der Waals surface area (Å²) < 4.78 is 11.3. The zero-order valence-electron chi connectivity index (χ0n) is 15.2. The monoisotopic (exact) mass is 348 g/mol. The Balaban J connectivity index is 1.73. The minimum Gasteiger partial charge on any atom is -0.490 e. The average Bonchev–Trinajstić information content (AvgIpc) is 2.86. The first kappa shape index (κ1) is 19.1. The summed E-state index contributed by atoms with van der Waals surface area (Å²) in [5.74, 6) is 1.65. The predicted molar refractivity (Wildman–Crippen MR) is 95.8 cm³/mol. The lowest BCUT2D eigenvalue weighted by Gasteiger charge is -2.21. The molecule has 6 heteroatoms. The number of carbonyl (C=O) groups excluding carboxylic acids is 2. The second kappa shape index (κ2) is 9.91. The highest BCUT2D eigenvalue weighted by molar-refractivity contribution is 5.76. The lowest BCUT2D eigenvalue weighted by Crippen LogP contribution is -2.36. The zero-order chi connectivity index (χ0) is 18.1. The van der Waals surface area contributed by atoms with Gasteiger partial charge in [0.2, 0.25) is 11.8 Å². The normalized spacial score (nSPS) is 14.8. The molecule has 1 heterocycles. The van der Waals surface area contributed by atoms with Gasteiger partial charge in [0.1, 0.15) is 0 Å². The Kier molecular flexibility index (Phi) is 7.57. The molecular weight excluding hydrogens is 320 g/mol. The second-order valence-electron chi connectivity index (χ2n) is 6.07. The summed E-state index contributed by atoms with van der Waals surface area (Å²) in [6.45, 7) is 7.27. The van der Waals surface area contributed by atoms with E-state index in [1.807, 2.05) is 36.1 Å². The van der Waals surface area contributed by atoms with Crippen molar-refractivity contribution >= 4 is 11.8 Å². The van der Waals surface area contributed by atoms with E-state index in [-0.39, 0.29) is 11.8 Å². The first-order valence-corrected chi connectivity index (χ1v) is 8.99. The molecule has 1 saturated heterocycles. The maximum atomic E-state index is 12.4. The van der Waals surface area contributed by atoms with E-state index in [0.717, 1.165) is 25.3 Å². The van der Waals surface area contributed by atoms with Gasteiger partial charge < -0.3 is 19.3 Å². The van der Waals surface area contributed by atoms with Crippen molar-refractivity contribution in [3.05, 3.63) is 24.3 Å². The van der Waals surface area contributed by atoms with Crippen LogP contribution in [0, 0.1) is 0 Å². The summed E-state index contributed by atoms with van der Waals surface area (Å²) in [5, 5.41) is 0. The Morgan fingerprint density at radius 2 is 1.64 bits per heavy atom. The maximum Gasteiger partial charge on any atom is 0.222 e. The molecule has 0 radical (unpaired) electrons. The number of para-hydroxylation sites is 2. The first-order chi connectivity index (χ1) is 12.1. The summed E-state index contributed by atoms with van der Waals surface area (Å²) in [4.78, 5) is 27.5. The van der Waals surface area contributed by atoms with Crippen LogP contribution in [0.15, 0.2) is 24.3 Å². The smallest absolute Gasteiger partial charge is 0.222 e. The number of amides is 2. The van der Waals surface area contributed by atoms with E-state index in [1.54, 1.807) is 11.8 Å². The molecule has 1 aliphatic heterocycles. The predicted octanol–water partition coefficient (Wildman–Crippen LogP) is 2.33. The average molecular weight is 348 g/mol. The second-order valence-corrected chi connectivity index (χ2v) is 6.07. The Labute approximate surface area is 149 Å². The van der Waals surface area contributed by atoms with Gasteiger partial charge in [-0.1, -0.05) is 12.1 Å². The Bertz CT molecular complexity index is 576. The minimum atomic E-state index is 0.0793. The van der Waals surface area contributed by atoms with Gasteiger partial charge in [0.05, 0.1) is 13.2 Å². The highest BCUT2D eigenvalue weighted by atomic mass is 16.5. The van der Waals surface area contributed by atoms with Crippen LogP contribution in [0.1, 0.15) is 33.1 Å². The third-order valence-electron chi connectivity index (χ3n) is 4.24. The van der Waals surface area contributed by atoms with Crippen LogP contribution >= 0.6 is 0 Å². The van der Waals surface area contributed by atoms with E-state index in [9.17, 15) is 9.59 Å². The van der Waals surface area contributed by atoms with Crippen molar-refractivity contribution in [2.75, 3.05) is 39.4 Å². The molecule has 0 atom stereocenters. The molecule has 0 spiro atoms. The van der Waals surface area contributed by atoms with Crippen LogP contribution in [-0.4, -0.2) is 61.0 Å². The Hall–Kier alpha value is -2.24. The summed E-state index contributed by atoms with van der Waals surface area (Å²) >= 11 is 0. The molecule has 2 rings (SSSR count). The number of benzene rings is 1. The molecule has 1 fully saturated rings. The van der Waals surface area contributed by atoms with Gasteiger partial charge in [0.25, 0.3) is 0 Å². The van der Waals surface area contributed by atoms with Crippen molar-refractivity contribution in [1.29, 1.82) is 0 Å². The summed E-state index contributed by atoms with van der Waals surface area (Å²) in [7, 11) is 0. The fourth-order valence-electron chi connectivity index (χ4n) is 2.89. The molecule has 0 bridgehead atoms.